The van der Waals surface area contributed by atoms with Crippen LogP contribution in [0.15, 0.2) is 4.99 Å². The van der Waals surface area contributed by atoms with Crippen LogP contribution in [0.4, 0.5) is 0 Å². The Labute approximate surface area is 144 Å². The maximum Gasteiger partial charge on any atom is 0.211 e. The summed E-state index contributed by atoms with van der Waals surface area (Å²) in [6.45, 7) is 5.36. The van der Waals surface area contributed by atoms with Gasteiger partial charge >= 0.3 is 0 Å². The van der Waals surface area contributed by atoms with E-state index >= 15 is 0 Å². The van der Waals surface area contributed by atoms with E-state index in [0.717, 1.165) is 31.9 Å². The molecular formula is C15H30N4O2S2. The molecule has 0 aromatic carbocycles. The van der Waals surface area contributed by atoms with Gasteiger partial charge in [0.05, 0.1) is 6.26 Å². The molecule has 23 heavy (non-hydrogen) atoms. The van der Waals surface area contributed by atoms with Gasteiger partial charge in [-0.2, -0.15) is 11.8 Å². The Bertz CT molecular complexity index is 508. The average molecular weight is 363 g/mol. The molecule has 2 N–H and O–H groups in total. The summed E-state index contributed by atoms with van der Waals surface area (Å²) in [5.41, 5.74) is 0. The third-order valence-corrected chi connectivity index (χ3v) is 7.60. The number of sulfonamides is 1. The number of nitrogens with zero attached hydrogens (tertiary/aromatic N) is 2. The Balaban J connectivity index is 1.70. The van der Waals surface area contributed by atoms with Gasteiger partial charge in [0.25, 0.3) is 0 Å². The summed E-state index contributed by atoms with van der Waals surface area (Å²) in [7, 11) is -1.24. The molecule has 134 valence electrons. The fraction of sp³-hybridized carbons (Fsp3) is 0.933. The molecule has 2 saturated heterocycles. The number of aliphatic imine (C=N–C) groups is 1. The standard InChI is InChI=1S/C15H30N4O2S2/c1-15(7-4-10-22-15)12-18-14(16-2)17-11-13-5-8-19(9-6-13)23(3,20)21/h13H,4-12H2,1-3H3,(H2,16,17,18). The van der Waals surface area contributed by atoms with Crippen LogP contribution >= 0.6 is 11.8 Å². The highest BCUT2D eigenvalue weighted by Gasteiger charge is 2.29. The van der Waals surface area contributed by atoms with Crippen LogP contribution in [0, 0.1) is 5.92 Å². The molecular weight excluding hydrogens is 332 g/mol. The van der Waals surface area contributed by atoms with Crippen molar-refractivity contribution in [1.29, 1.82) is 0 Å². The largest absolute Gasteiger partial charge is 0.356 e. The van der Waals surface area contributed by atoms with E-state index in [2.05, 4.69) is 22.5 Å². The predicted molar refractivity (Wildman–Crippen MR) is 98.6 cm³/mol. The van der Waals surface area contributed by atoms with E-state index in [-0.39, 0.29) is 0 Å². The molecule has 0 radical (unpaired) electrons. The SMILES string of the molecule is CN=C(NCC1CCN(S(C)(=O)=O)CC1)NCC1(C)CCCS1. The van der Waals surface area contributed by atoms with Gasteiger partial charge in [0, 0.05) is 38.0 Å². The molecule has 0 amide bonds. The molecule has 2 aliphatic rings. The van der Waals surface area contributed by atoms with Gasteiger partial charge in [0.2, 0.25) is 10.0 Å². The third-order valence-electron chi connectivity index (χ3n) is 4.75. The third kappa shape index (κ3) is 5.83. The number of piperidine rings is 1. The number of hydrogen-bond donors (Lipinski definition) is 2. The summed E-state index contributed by atoms with van der Waals surface area (Å²) in [5.74, 6) is 2.61. The van der Waals surface area contributed by atoms with Crippen molar-refractivity contribution in [1.82, 2.24) is 14.9 Å². The first-order valence-corrected chi connectivity index (χ1v) is 11.2. The van der Waals surface area contributed by atoms with Crippen molar-refractivity contribution in [3.63, 3.8) is 0 Å². The normalized spacial score (nSPS) is 28.0. The molecule has 1 unspecified atom stereocenters. The molecule has 0 bridgehead atoms. The van der Waals surface area contributed by atoms with Crippen molar-refractivity contribution < 1.29 is 8.42 Å². The minimum atomic E-state index is -3.04. The molecule has 0 aromatic rings. The molecule has 0 saturated carbocycles. The molecule has 1 atom stereocenters. The van der Waals surface area contributed by atoms with E-state index in [9.17, 15) is 8.42 Å². The molecule has 2 aliphatic heterocycles. The van der Waals surface area contributed by atoms with Crippen molar-refractivity contribution in [2.24, 2.45) is 10.9 Å². The van der Waals surface area contributed by atoms with E-state index < -0.39 is 10.0 Å². The molecule has 0 spiro atoms. The fourth-order valence-electron chi connectivity index (χ4n) is 3.15. The maximum absolute atomic E-state index is 11.5. The molecule has 0 aromatic heterocycles. The van der Waals surface area contributed by atoms with E-state index in [1.165, 1.54) is 24.9 Å². The number of hydrogen-bond acceptors (Lipinski definition) is 4. The summed E-state index contributed by atoms with van der Waals surface area (Å²) in [5, 5.41) is 6.83. The smallest absolute Gasteiger partial charge is 0.211 e. The van der Waals surface area contributed by atoms with Gasteiger partial charge < -0.3 is 10.6 Å². The van der Waals surface area contributed by atoms with Crippen LogP contribution < -0.4 is 10.6 Å². The van der Waals surface area contributed by atoms with Gasteiger partial charge in [-0.15, -0.1) is 0 Å². The van der Waals surface area contributed by atoms with Gasteiger partial charge in [-0.3, -0.25) is 4.99 Å². The Morgan fingerprint density at radius 2 is 2.04 bits per heavy atom. The highest BCUT2D eigenvalue weighted by atomic mass is 32.2. The summed E-state index contributed by atoms with van der Waals surface area (Å²) in [6, 6.07) is 0. The van der Waals surface area contributed by atoms with Crippen molar-refractivity contribution in [3.8, 4) is 0 Å². The van der Waals surface area contributed by atoms with Crippen molar-refractivity contribution >= 4 is 27.7 Å². The van der Waals surface area contributed by atoms with Crippen LogP contribution in [-0.4, -0.2) is 68.7 Å². The lowest BCUT2D eigenvalue weighted by Crippen LogP contribution is -2.46. The van der Waals surface area contributed by atoms with Crippen LogP contribution in [0.3, 0.4) is 0 Å². The lowest BCUT2D eigenvalue weighted by Gasteiger charge is -2.31. The zero-order chi connectivity index (χ0) is 16.9. The molecule has 6 nitrogen and oxygen atoms in total. The van der Waals surface area contributed by atoms with Gasteiger partial charge in [-0.1, -0.05) is 0 Å². The Hall–Kier alpha value is -0.470. The van der Waals surface area contributed by atoms with Gasteiger partial charge in [-0.25, -0.2) is 12.7 Å². The van der Waals surface area contributed by atoms with E-state index in [0.29, 0.717) is 23.8 Å². The van der Waals surface area contributed by atoms with Crippen LogP contribution in [0.2, 0.25) is 0 Å². The first-order chi connectivity index (χ1) is 10.8. The lowest BCUT2D eigenvalue weighted by atomic mass is 9.98. The van der Waals surface area contributed by atoms with E-state index in [1.54, 1.807) is 11.4 Å². The molecule has 8 heteroatoms. The Kier molecular flexibility index (Phi) is 6.62. The minimum Gasteiger partial charge on any atom is -0.356 e. The van der Waals surface area contributed by atoms with Crippen LogP contribution in [0.5, 0.6) is 0 Å². The average Bonchev–Trinajstić information content (AvgIpc) is 2.94. The van der Waals surface area contributed by atoms with Crippen molar-refractivity contribution in [2.75, 3.05) is 45.2 Å². The quantitative estimate of drug-likeness (QED) is 0.566. The van der Waals surface area contributed by atoms with Crippen molar-refractivity contribution in [3.05, 3.63) is 0 Å². The molecule has 2 fully saturated rings. The monoisotopic (exact) mass is 362 g/mol. The van der Waals surface area contributed by atoms with Gasteiger partial charge in [0.15, 0.2) is 5.96 Å². The number of guanidine groups is 1. The number of rotatable bonds is 5. The summed E-state index contributed by atoms with van der Waals surface area (Å²) in [4.78, 5) is 4.30. The zero-order valence-electron chi connectivity index (χ0n) is 14.5. The first kappa shape index (κ1) is 18.9. The Morgan fingerprint density at radius 3 is 2.57 bits per heavy atom. The molecule has 2 heterocycles. The van der Waals surface area contributed by atoms with Gasteiger partial charge in [-0.05, 0) is 44.3 Å². The minimum absolute atomic E-state index is 0.318. The van der Waals surface area contributed by atoms with Crippen molar-refractivity contribution in [2.45, 2.75) is 37.4 Å². The zero-order valence-corrected chi connectivity index (χ0v) is 16.1. The van der Waals surface area contributed by atoms with E-state index in [4.69, 9.17) is 0 Å². The van der Waals surface area contributed by atoms with E-state index in [1.807, 2.05) is 11.8 Å². The van der Waals surface area contributed by atoms with Gasteiger partial charge in [0.1, 0.15) is 0 Å². The highest BCUT2D eigenvalue weighted by molar-refractivity contribution is 8.00. The number of nitrogens with one attached hydrogen (secondary N) is 2. The summed E-state index contributed by atoms with van der Waals surface area (Å²) in [6.07, 6.45) is 5.66. The molecule has 2 rings (SSSR count). The molecule has 0 aliphatic carbocycles. The number of thioether (sulfide) groups is 1. The second-order valence-corrected chi connectivity index (χ2v) is 10.5. The summed E-state index contributed by atoms with van der Waals surface area (Å²) >= 11 is 2.04. The Morgan fingerprint density at radius 1 is 1.35 bits per heavy atom. The predicted octanol–water partition coefficient (Wildman–Crippen LogP) is 1.11. The lowest BCUT2D eigenvalue weighted by molar-refractivity contribution is 0.275. The van der Waals surface area contributed by atoms with Crippen LogP contribution in [0.25, 0.3) is 0 Å². The van der Waals surface area contributed by atoms with Crippen LogP contribution in [-0.2, 0) is 10.0 Å². The second-order valence-electron chi connectivity index (χ2n) is 6.81. The first-order valence-electron chi connectivity index (χ1n) is 8.36. The maximum atomic E-state index is 11.5. The summed E-state index contributed by atoms with van der Waals surface area (Å²) < 4.78 is 24.9. The topological polar surface area (TPSA) is 73.8 Å². The van der Waals surface area contributed by atoms with Crippen LogP contribution in [0.1, 0.15) is 32.6 Å². The highest BCUT2D eigenvalue weighted by Crippen LogP contribution is 2.36. The fourth-order valence-corrected chi connectivity index (χ4v) is 5.27. The second kappa shape index (κ2) is 8.07.